The highest BCUT2D eigenvalue weighted by Crippen LogP contribution is 2.41. The number of nitrogens with one attached hydrogen (secondary N) is 1. The van der Waals surface area contributed by atoms with Gasteiger partial charge in [-0.2, -0.15) is 0 Å². The van der Waals surface area contributed by atoms with Crippen LogP contribution in [-0.4, -0.2) is 79.2 Å². The maximum atomic E-state index is 12.0. The van der Waals surface area contributed by atoms with Gasteiger partial charge in [0.05, 0.1) is 26.3 Å². The van der Waals surface area contributed by atoms with Crippen molar-refractivity contribution in [2.45, 2.75) is 32.7 Å². The van der Waals surface area contributed by atoms with E-state index in [4.69, 9.17) is 9.47 Å². The van der Waals surface area contributed by atoms with Crippen LogP contribution in [0.5, 0.6) is 0 Å². The van der Waals surface area contributed by atoms with Crippen molar-refractivity contribution in [2.75, 3.05) is 46.4 Å². The van der Waals surface area contributed by atoms with Crippen molar-refractivity contribution in [3.8, 4) is 0 Å². The molecule has 0 saturated carbocycles. The van der Waals surface area contributed by atoms with Gasteiger partial charge in [0.15, 0.2) is 0 Å². The summed E-state index contributed by atoms with van der Waals surface area (Å²) < 4.78 is 10.2. The molecule has 2 atom stereocenters. The Hall–Kier alpha value is -2.64. The molecule has 0 fully saturated rings. The third-order valence-corrected chi connectivity index (χ3v) is 6.47. The van der Waals surface area contributed by atoms with Crippen LogP contribution < -0.4 is 0 Å². The highest BCUT2D eigenvalue weighted by atomic mass is 16.5. The molecule has 2 aliphatic rings. The zero-order valence-electron chi connectivity index (χ0n) is 19.2. The summed E-state index contributed by atoms with van der Waals surface area (Å²) in [4.78, 5) is 31.8. The normalized spacial score (nSPS) is 20.2. The van der Waals surface area contributed by atoms with Gasteiger partial charge in [-0.3, -0.25) is 19.4 Å². The Morgan fingerprint density at radius 3 is 2.56 bits per heavy atom. The first-order chi connectivity index (χ1) is 15.5. The molecular weight excluding hydrogens is 406 g/mol. The largest absolute Gasteiger partial charge is 0.465 e. The molecule has 32 heavy (non-hydrogen) atoms. The van der Waals surface area contributed by atoms with Crippen LogP contribution in [0.25, 0.3) is 16.5 Å². The lowest BCUT2D eigenvalue weighted by atomic mass is 9.79. The monoisotopic (exact) mass is 439 g/mol. The molecule has 1 aromatic heterocycles. The second-order valence-corrected chi connectivity index (χ2v) is 8.69. The molecule has 7 nitrogen and oxygen atoms in total. The number of esters is 2. The van der Waals surface area contributed by atoms with E-state index in [0.29, 0.717) is 31.7 Å². The number of carbonyl (C=O) groups excluding carboxylic acids is 2. The molecular formula is C25H33N3O4. The maximum Gasteiger partial charge on any atom is 0.320 e. The van der Waals surface area contributed by atoms with E-state index >= 15 is 0 Å². The number of aromatic nitrogens is 1. The minimum absolute atomic E-state index is 0.0976. The fourth-order valence-corrected chi connectivity index (χ4v) is 5.07. The molecule has 1 aromatic carbocycles. The third-order valence-electron chi connectivity index (χ3n) is 6.47. The number of hydrogen-bond acceptors (Lipinski definition) is 6. The van der Waals surface area contributed by atoms with Crippen molar-refractivity contribution in [1.29, 1.82) is 0 Å². The molecule has 0 radical (unpaired) electrons. The van der Waals surface area contributed by atoms with E-state index in [-0.39, 0.29) is 25.0 Å². The number of rotatable bonds is 9. The molecule has 0 unspecified atom stereocenters. The van der Waals surface area contributed by atoms with Gasteiger partial charge in [-0.15, -0.1) is 0 Å². The zero-order chi connectivity index (χ0) is 22.7. The first-order valence-electron chi connectivity index (χ1n) is 11.5. The lowest BCUT2D eigenvalue weighted by molar-refractivity contribution is -0.148. The van der Waals surface area contributed by atoms with Crippen LogP contribution in [-0.2, 0) is 25.5 Å². The zero-order valence-corrected chi connectivity index (χ0v) is 19.2. The van der Waals surface area contributed by atoms with E-state index in [1.807, 2.05) is 4.90 Å². The lowest BCUT2D eigenvalue weighted by Gasteiger charge is -2.40. The quantitative estimate of drug-likeness (QED) is 0.606. The smallest absolute Gasteiger partial charge is 0.320 e. The van der Waals surface area contributed by atoms with E-state index in [1.54, 1.807) is 13.8 Å². The highest BCUT2D eigenvalue weighted by molar-refractivity contribution is 5.98. The van der Waals surface area contributed by atoms with Gasteiger partial charge in [0.2, 0.25) is 0 Å². The number of carbonyl (C=O) groups is 2. The second kappa shape index (κ2) is 9.88. The standard InChI is InChI=1S/C25H33N3O4/c1-4-31-23(29)15-28(16-24(30)32-5-2)10-9-17-11-20-19-7-6-8-21-25(19)18(13-26-21)12-22(20)27(3)14-17/h6-8,11,13,17,22,26H,4-5,9-10,12,14-16H2,1-3H3/t17-,22-/m1/s1. The molecule has 2 heterocycles. The minimum Gasteiger partial charge on any atom is -0.465 e. The average Bonchev–Trinajstić information content (AvgIpc) is 3.17. The van der Waals surface area contributed by atoms with Crippen LogP contribution in [0.3, 0.4) is 0 Å². The molecule has 0 spiro atoms. The molecule has 0 amide bonds. The van der Waals surface area contributed by atoms with Gasteiger partial charge in [-0.05, 0) is 69.0 Å². The average molecular weight is 440 g/mol. The third kappa shape index (κ3) is 4.74. The Labute approximate surface area is 189 Å². The summed E-state index contributed by atoms with van der Waals surface area (Å²) in [5, 5.41) is 1.34. The van der Waals surface area contributed by atoms with Crippen LogP contribution in [0, 0.1) is 5.92 Å². The highest BCUT2D eigenvalue weighted by Gasteiger charge is 2.33. The van der Waals surface area contributed by atoms with Gasteiger partial charge in [0.1, 0.15) is 0 Å². The number of benzene rings is 1. The first-order valence-corrected chi connectivity index (χ1v) is 11.5. The number of nitrogens with zero attached hydrogens (tertiary/aromatic N) is 2. The van der Waals surface area contributed by atoms with Gasteiger partial charge < -0.3 is 14.5 Å². The van der Waals surface area contributed by atoms with Crippen molar-refractivity contribution >= 4 is 28.4 Å². The molecule has 4 rings (SSSR count). The fraction of sp³-hybridized carbons (Fsp3) is 0.520. The minimum atomic E-state index is -0.310. The summed E-state index contributed by atoms with van der Waals surface area (Å²) in [5.41, 5.74) is 5.29. The van der Waals surface area contributed by atoms with Crippen molar-refractivity contribution in [3.63, 3.8) is 0 Å². The summed E-state index contributed by atoms with van der Waals surface area (Å²) >= 11 is 0. The summed E-state index contributed by atoms with van der Waals surface area (Å²) in [6.45, 7) is 6.02. The Bertz CT molecular complexity index is 992. The van der Waals surface area contributed by atoms with Gasteiger partial charge in [0, 0.05) is 29.7 Å². The Morgan fingerprint density at radius 2 is 1.88 bits per heavy atom. The van der Waals surface area contributed by atoms with Crippen molar-refractivity contribution in [1.82, 2.24) is 14.8 Å². The SMILES string of the molecule is CCOC(=O)CN(CC[C@@H]1C=C2c3cccc4[nH]cc(c34)C[C@H]2N(C)C1)CC(=O)OCC. The Kier molecular flexibility index (Phi) is 6.96. The molecule has 1 N–H and O–H groups in total. The van der Waals surface area contributed by atoms with E-state index in [9.17, 15) is 9.59 Å². The summed E-state index contributed by atoms with van der Waals surface area (Å²) in [6, 6.07) is 6.86. The number of H-pyrrole nitrogens is 1. The van der Waals surface area contributed by atoms with E-state index in [1.165, 1.54) is 27.6 Å². The van der Waals surface area contributed by atoms with Gasteiger partial charge >= 0.3 is 11.9 Å². The number of hydrogen-bond donors (Lipinski definition) is 1. The predicted octanol–water partition coefficient (Wildman–Crippen LogP) is 2.86. The number of aromatic amines is 1. The summed E-state index contributed by atoms with van der Waals surface area (Å²) in [6.07, 6.45) is 6.44. The number of fused-ring (bicyclic) bond motifs is 2. The van der Waals surface area contributed by atoms with Crippen LogP contribution in [0.15, 0.2) is 30.5 Å². The topological polar surface area (TPSA) is 74.9 Å². The van der Waals surface area contributed by atoms with Crippen LogP contribution in [0.4, 0.5) is 0 Å². The molecule has 7 heteroatoms. The van der Waals surface area contributed by atoms with Crippen molar-refractivity contribution < 1.29 is 19.1 Å². The Balaban J connectivity index is 1.50. The predicted molar refractivity (Wildman–Crippen MR) is 124 cm³/mol. The number of likely N-dealkylation sites (N-methyl/N-ethyl adjacent to an activating group) is 1. The summed E-state index contributed by atoms with van der Waals surface area (Å²) in [5.74, 6) is -0.279. The van der Waals surface area contributed by atoms with E-state index in [2.05, 4.69) is 47.4 Å². The fourth-order valence-electron chi connectivity index (χ4n) is 5.07. The number of ether oxygens (including phenoxy) is 2. The molecule has 0 bridgehead atoms. The second-order valence-electron chi connectivity index (χ2n) is 8.69. The molecule has 2 aromatic rings. The molecule has 1 aliphatic heterocycles. The van der Waals surface area contributed by atoms with Gasteiger partial charge in [0.25, 0.3) is 0 Å². The van der Waals surface area contributed by atoms with E-state index in [0.717, 1.165) is 19.4 Å². The van der Waals surface area contributed by atoms with E-state index < -0.39 is 0 Å². The first kappa shape index (κ1) is 22.6. The van der Waals surface area contributed by atoms with Crippen molar-refractivity contribution in [3.05, 3.63) is 41.6 Å². The van der Waals surface area contributed by atoms with Crippen LogP contribution in [0.2, 0.25) is 0 Å². The molecule has 1 aliphatic carbocycles. The van der Waals surface area contributed by atoms with Crippen LogP contribution in [0.1, 0.15) is 31.4 Å². The molecule has 172 valence electrons. The van der Waals surface area contributed by atoms with Gasteiger partial charge in [-0.25, -0.2) is 0 Å². The Morgan fingerprint density at radius 1 is 1.16 bits per heavy atom. The molecule has 0 saturated heterocycles. The lowest BCUT2D eigenvalue weighted by Crippen LogP contribution is -2.43. The maximum absolute atomic E-state index is 12.0. The summed E-state index contributed by atoms with van der Waals surface area (Å²) in [7, 11) is 2.19. The van der Waals surface area contributed by atoms with Crippen LogP contribution >= 0.6 is 0 Å². The van der Waals surface area contributed by atoms with Gasteiger partial charge in [-0.1, -0.05) is 18.2 Å². The van der Waals surface area contributed by atoms with Crippen molar-refractivity contribution in [2.24, 2.45) is 5.92 Å².